The van der Waals surface area contributed by atoms with Crippen LogP contribution in [0, 0.1) is 5.41 Å². The van der Waals surface area contributed by atoms with Crippen LogP contribution in [0.4, 0.5) is 0 Å². The SMILES string of the molecule is CCCNC(CCCC1Cc2ccccc2O1)C(C)(C)C. The van der Waals surface area contributed by atoms with Crippen LogP contribution in [0.5, 0.6) is 5.75 Å². The number of para-hydroxylation sites is 1. The number of fused-ring (bicyclic) bond motifs is 1. The van der Waals surface area contributed by atoms with E-state index in [1.54, 1.807) is 0 Å². The lowest BCUT2D eigenvalue weighted by atomic mass is 9.83. The maximum atomic E-state index is 6.04. The highest BCUT2D eigenvalue weighted by molar-refractivity contribution is 5.37. The summed E-state index contributed by atoms with van der Waals surface area (Å²) in [5.74, 6) is 1.10. The molecule has 1 aliphatic heterocycles. The van der Waals surface area contributed by atoms with Crippen LogP contribution in [0.3, 0.4) is 0 Å². The Morgan fingerprint density at radius 3 is 2.71 bits per heavy atom. The first-order valence-electron chi connectivity index (χ1n) is 8.48. The number of hydrogen-bond acceptors (Lipinski definition) is 2. The van der Waals surface area contributed by atoms with Gasteiger partial charge in [-0.3, -0.25) is 0 Å². The molecule has 0 spiro atoms. The fraction of sp³-hybridized carbons (Fsp3) is 0.684. The summed E-state index contributed by atoms with van der Waals surface area (Å²) in [5.41, 5.74) is 1.70. The van der Waals surface area contributed by atoms with E-state index in [2.05, 4.69) is 57.3 Å². The topological polar surface area (TPSA) is 21.3 Å². The highest BCUT2D eigenvalue weighted by Crippen LogP contribution is 2.31. The molecule has 0 saturated heterocycles. The molecule has 2 nitrogen and oxygen atoms in total. The van der Waals surface area contributed by atoms with E-state index in [0.29, 0.717) is 17.6 Å². The van der Waals surface area contributed by atoms with Crippen LogP contribution in [0.1, 0.15) is 58.9 Å². The average Bonchev–Trinajstić information content (AvgIpc) is 2.83. The van der Waals surface area contributed by atoms with Crippen LogP contribution in [-0.4, -0.2) is 18.7 Å². The first kappa shape index (κ1) is 16.4. The Morgan fingerprint density at radius 1 is 1.29 bits per heavy atom. The smallest absolute Gasteiger partial charge is 0.123 e. The standard InChI is InChI=1S/C19H31NO/c1-5-13-20-18(19(2,3)4)12-8-10-16-14-15-9-6-7-11-17(15)21-16/h6-7,9,11,16,18,20H,5,8,10,12-14H2,1-4H3. The molecular formula is C19H31NO. The zero-order valence-corrected chi connectivity index (χ0v) is 14.1. The highest BCUT2D eigenvalue weighted by atomic mass is 16.5. The summed E-state index contributed by atoms with van der Waals surface area (Å²) in [4.78, 5) is 0. The molecule has 0 bridgehead atoms. The maximum Gasteiger partial charge on any atom is 0.123 e. The summed E-state index contributed by atoms with van der Waals surface area (Å²) in [6.45, 7) is 10.4. The van der Waals surface area contributed by atoms with Gasteiger partial charge in [-0.05, 0) is 49.3 Å². The van der Waals surface area contributed by atoms with Crippen molar-refractivity contribution >= 4 is 0 Å². The monoisotopic (exact) mass is 289 g/mol. The second kappa shape index (κ2) is 7.31. The van der Waals surface area contributed by atoms with Gasteiger partial charge in [0.1, 0.15) is 11.9 Å². The van der Waals surface area contributed by atoms with Crippen LogP contribution >= 0.6 is 0 Å². The van der Waals surface area contributed by atoms with E-state index >= 15 is 0 Å². The predicted molar refractivity (Wildman–Crippen MR) is 89.9 cm³/mol. The normalized spacial score (nSPS) is 19.1. The van der Waals surface area contributed by atoms with Crippen molar-refractivity contribution < 1.29 is 4.74 Å². The highest BCUT2D eigenvalue weighted by Gasteiger charge is 2.25. The number of benzene rings is 1. The maximum absolute atomic E-state index is 6.04. The molecule has 1 aromatic rings. The fourth-order valence-electron chi connectivity index (χ4n) is 3.12. The van der Waals surface area contributed by atoms with E-state index in [1.165, 1.54) is 24.8 Å². The molecule has 0 radical (unpaired) electrons. The molecule has 1 aromatic carbocycles. The minimum Gasteiger partial charge on any atom is -0.490 e. The van der Waals surface area contributed by atoms with E-state index in [1.807, 2.05) is 0 Å². The van der Waals surface area contributed by atoms with E-state index in [4.69, 9.17) is 4.74 Å². The Balaban J connectivity index is 1.76. The van der Waals surface area contributed by atoms with Gasteiger partial charge in [-0.1, -0.05) is 45.9 Å². The molecule has 21 heavy (non-hydrogen) atoms. The summed E-state index contributed by atoms with van der Waals surface area (Å²) >= 11 is 0. The minimum atomic E-state index is 0.328. The van der Waals surface area contributed by atoms with Gasteiger partial charge in [-0.2, -0.15) is 0 Å². The molecule has 1 heterocycles. The van der Waals surface area contributed by atoms with Gasteiger partial charge in [-0.15, -0.1) is 0 Å². The first-order chi connectivity index (χ1) is 10.0. The molecule has 2 atom stereocenters. The second-order valence-corrected chi connectivity index (χ2v) is 7.36. The number of rotatable bonds is 7. The Morgan fingerprint density at radius 2 is 2.05 bits per heavy atom. The molecule has 1 aliphatic rings. The zero-order valence-electron chi connectivity index (χ0n) is 14.1. The number of hydrogen-bond donors (Lipinski definition) is 1. The lowest BCUT2D eigenvalue weighted by Crippen LogP contribution is -2.40. The van der Waals surface area contributed by atoms with Crippen molar-refractivity contribution in [1.29, 1.82) is 0 Å². The van der Waals surface area contributed by atoms with Gasteiger partial charge in [0.2, 0.25) is 0 Å². The van der Waals surface area contributed by atoms with Crippen molar-refractivity contribution in [2.75, 3.05) is 6.54 Å². The third-order valence-electron chi connectivity index (χ3n) is 4.42. The van der Waals surface area contributed by atoms with Crippen molar-refractivity contribution in [1.82, 2.24) is 5.32 Å². The van der Waals surface area contributed by atoms with Crippen LogP contribution in [0.2, 0.25) is 0 Å². The second-order valence-electron chi connectivity index (χ2n) is 7.36. The predicted octanol–water partition coefficient (Wildman–Crippen LogP) is 4.57. The Kier molecular flexibility index (Phi) is 5.69. The van der Waals surface area contributed by atoms with Crippen molar-refractivity contribution in [2.45, 2.75) is 71.9 Å². The number of nitrogens with one attached hydrogen (secondary N) is 1. The molecule has 1 N–H and O–H groups in total. The molecule has 2 unspecified atom stereocenters. The summed E-state index contributed by atoms with van der Waals surface area (Å²) in [6.07, 6.45) is 6.30. The molecule has 0 saturated carbocycles. The van der Waals surface area contributed by atoms with Gasteiger partial charge < -0.3 is 10.1 Å². The quantitative estimate of drug-likeness (QED) is 0.793. The van der Waals surface area contributed by atoms with Gasteiger partial charge in [0.25, 0.3) is 0 Å². The Hall–Kier alpha value is -1.02. The minimum absolute atomic E-state index is 0.328. The van der Waals surface area contributed by atoms with Crippen LogP contribution in [-0.2, 0) is 6.42 Å². The van der Waals surface area contributed by atoms with E-state index in [9.17, 15) is 0 Å². The van der Waals surface area contributed by atoms with Crippen molar-refractivity contribution in [3.05, 3.63) is 29.8 Å². The van der Waals surface area contributed by atoms with Gasteiger partial charge in [0, 0.05) is 12.5 Å². The van der Waals surface area contributed by atoms with Crippen LogP contribution in [0.25, 0.3) is 0 Å². The third-order valence-corrected chi connectivity index (χ3v) is 4.42. The largest absolute Gasteiger partial charge is 0.490 e. The number of ether oxygens (including phenoxy) is 1. The molecular weight excluding hydrogens is 258 g/mol. The van der Waals surface area contributed by atoms with Gasteiger partial charge in [-0.25, -0.2) is 0 Å². The summed E-state index contributed by atoms with van der Waals surface area (Å²) in [6, 6.07) is 9.05. The molecule has 0 aliphatic carbocycles. The molecule has 2 rings (SSSR count). The lowest BCUT2D eigenvalue weighted by molar-refractivity contribution is 0.200. The molecule has 0 fully saturated rings. The van der Waals surface area contributed by atoms with Crippen LogP contribution in [0.15, 0.2) is 24.3 Å². The lowest BCUT2D eigenvalue weighted by Gasteiger charge is -2.32. The zero-order chi connectivity index (χ0) is 15.3. The van der Waals surface area contributed by atoms with Crippen LogP contribution < -0.4 is 10.1 Å². The average molecular weight is 289 g/mol. The fourth-order valence-corrected chi connectivity index (χ4v) is 3.12. The van der Waals surface area contributed by atoms with Gasteiger partial charge in [0.05, 0.1) is 0 Å². The van der Waals surface area contributed by atoms with E-state index < -0.39 is 0 Å². The molecule has 118 valence electrons. The molecule has 2 heteroatoms. The third kappa shape index (κ3) is 4.74. The van der Waals surface area contributed by atoms with Gasteiger partial charge >= 0.3 is 0 Å². The molecule has 0 amide bonds. The van der Waals surface area contributed by atoms with E-state index in [-0.39, 0.29) is 0 Å². The first-order valence-corrected chi connectivity index (χ1v) is 8.48. The van der Waals surface area contributed by atoms with E-state index in [0.717, 1.165) is 25.1 Å². The Labute approximate surface area is 130 Å². The molecule has 0 aromatic heterocycles. The van der Waals surface area contributed by atoms with Crippen molar-refractivity contribution in [2.24, 2.45) is 5.41 Å². The van der Waals surface area contributed by atoms with Crippen molar-refractivity contribution in [3.63, 3.8) is 0 Å². The summed E-state index contributed by atoms with van der Waals surface area (Å²) in [5, 5.41) is 3.71. The summed E-state index contributed by atoms with van der Waals surface area (Å²) < 4.78 is 6.04. The van der Waals surface area contributed by atoms with Crippen molar-refractivity contribution in [3.8, 4) is 5.75 Å². The van der Waals surface area contributed by atoms with Gasteiger partial charge in [0.15, 0.2) is 0 Å². The summed E-state index contributed by atoms with van der Waals surface area (Å²) in [7, 11) is 0. The Bertz CT molecular complexity index is 410.